The van der Waals surface area contributed by atoms with Crippen molar-refractivity contribution in [1.82, 2.24) is 4.90 Å². The normalized spacial score (nSPS) is 24.3. The van der Waals surface area contributed by atoms with Crippen LogP contribution in [0.5, 0.6) is 0 Å². The fourth-order valence-corrected chi connectivity index (χ4v) is 3.41. The molecule has 1 fully saturated rings. The third-order valence-corrected chi connectivity index (χ3v) is 4.49. The SMILES string of the molecule is CC1CS(=O)(=O)CCN1C(=O)c1ccoc1. The van der Waals surface area contributed by atoms with E-state index in [9.17, 15) is 13.2 Å². The smallest absolute Gasteiger partial charge is 0.257 e. The zero-order valence-corrected chi connectivity index (χ0v) is 9.74. The zero-order chi connectivity index (χ0) is 11.8. The maximum absolute atomic E-state index is 12.0. The zero-order valence-electron chi connectivity index (χ0n) is 8.92. The predicted molar refractivity (Wildman–Crippen MR) is 57.9 cm³/mol. The van der Waals surface area contributed by atoms with Crippen molar-refractivity contribution in [3.8, 4) is 0 Å². The van der Waals surface area contributed by atoms with E-state index in [0.29, 0.717) is 5.56 Å². The summed E-state index contributed by atoms with van der Waals surface area (Å²) in [5.74, 6) is -0.0894. The molecule has 1 unspecified atom stereocenters. The Balaban J connectivity index is 2.15. The van der Waals surface area contributed by atoms with Crippen molar-refractivity contribution in [2.24, 2.45) is 0 Å². The molecule has 0 spiro atoms. The van der Waals surface area contributed by atoms with E-state index in [2.05, 4.69) is 0 Å². The van der Waals surface area contributed by atoms with Gasteiger partial charge < -0.3 is 9.32 Å². The van der Waals surface area contributed by atoms with Crippen molar-refractivity contribution in [2.45, 2.75) is 13.0 Å². The number of carbonyl (C=O) groups is 1. The standard InChI is InChI=1S/C10H13NO4S/c1-8-7-16(13,14)5-3-11(8)10(12)9-2-4-15-6-9/h2,4,6,8H,3,5,7H2,1H3. The van der Waals surface area contributed by atoms with E-state index in [-0.39, 0.29) is 30.0 Å². The molecule has 16 heavy (non-hydrogen) atoms. The molecule has 1 saturated heterocycles. The Morgan fingerprint density at radius 3 is 2.88 bits per heavy atom. The second-order valence-corrected chi connectivity index (χ2v) is 6.20. The van der Waals surface area contributed by atoms with E-state index in [1.54, 1.807) is 17.9 Å². The van der Waals surface area contributed by atoms with Gasteiger partial charge in [0.25, 0.3) is 5.91 Å². The minimum atomic E-state index is -2.98. The molecule has 0 saturated carbocycles. The third-order valence-electron chi connectivity index (χ3n) is 2.70. The Bertz CT molecular complexity index is 477. The van der Waals surface area contributed by atoms with Crippen LogP contribution in [0.15, 0.2) is 23.0 Å². The summed E-state index contributed by atoms with van der Waals surface area (Å²) in [6, 6.07) is 1.30. The molecule has 1 aromatic rings. The molecule has 0 bridgehead atoms. The first-order valence-electron chi connectivity index (χ1n) is 5.03. The maximum atomic E-state index is 12.0. The van der Waals surface area contributed by atoms with Gasteiger partial charge in [0.2, 0.25) is 0 Å². The van der Waals surface area contributed by atoms with Crippen LogP contribution in [0, 0.1) is 0 Å². The fourth-order valence-electron chi connectivity index (χ4n) is 1.85. The van der Waals surface area contributed by atoms with E-state index in [1.165, 1.54) is 12.5 Å². The van der Waals surface area contributed by atoms with Gasteiger partial charge in [-0.2, -0.15) is 0 Å². The number of nitrogens with zero attached hydrogens (tertiary/aromatic N) is 1. The highest BCUT2D eigenvalue weighted by atomic mass is 32.2. The lowest BCUT2D eigenvalue weighted by Crippen LogP contribution is -2.49. The average molecular weight is 243 g/mol. The molecule has 2 heterocycles. The first-order valence-corrected chi connectivity index (χ1v) is 6.85. The van der Waals surface area contributed by atoms with Crippen molar-refractivity contribution < 1.29 is 17.6 Å². The van der Waals surface area contributed by atoms with Crippen LogP contribution in [0.4, 0.5) is 0 Å². The number of furan rings is 1. The van der Waals surface area contributed by atoms with Gasteiger partial charge in [-0.15, -0.1) is 0 Å². The summed E-state index contributed by atoms with van der Waals surface area (Å²) in [6.45, 7) is 2.00. The molecule has 2 rings (SSSR count). The van der Waals surface area contributed by atoms with Gasteiger partial charge in [0.1, 0.15) is 6.26 Å². The van der Waals surface area contributed by atoms with Crippen LogP contribution in [-0.4, -0.2) is 43.3 Å². The predicted octanol–water partition coefficient (Wildman–Crippen LogP) is 0.539. The molecule has 1 aliphatic heterocycles. The number of amides is 1. The minimum absolute atomic E-state index is 0.0383. The minimum Gasteiger partial charge on any atom is -0.472 e. The first kappa shape index (κ1) is 11.2. The Labute approximate surface area is 94.0 Å². The molecular weight excluding hydrogens is 230 g/mol. The molecule has 0 radical (unpaired) electrons. The molecule has 0 aromatic carbocycles. The molecule has 1 aromatic heterocycles. The molecular formula is C10H13NO4S. The van der Waals surface area contributed by atoms with Gasteiger partial charge in [-0.05, 0) is 13.0 Å². The van der Waals surface area contributed by atoms with Crippen LogP contribution < -0.4 is 0 Å². The van der Waals surface area contributed by atoms with Crippen molar-refractivity contribution in [1.29, 1.82) is 0 Å². The summed E-state index contributed by atoms with van der Waals surface area (Å²) in [6.07, 6.45) is 2.80. The quantitative estimate of drug-likeness (QED) is 0.722. The number of sulfone groups is 1. The van der Waals surface area contributed by atoms with E-state index in [1.807, 2.05) is 0 Å². The van der Waals surface area contributed by atoms with Gasteiger partial charge in [0.05, 0.1) is 23.3 Å². The Morgan fingerprint density at radius 2 is 2.31 bits per heavy atom. The van der Waals surface area contributed by atoms with Crippen LogP contribution in [0.25, 0.3) is 0 Å². The van der Waals surface area contributed by atoms with Gasteiger partial charge >= 0.3 is 0 Å². The average Bonchev–Trinajstić information content (AvgIpc) is 2.68. The van der Waals surface area contributed by atoms with Crippen LogP contribution in [-0.2, 0) is 9.84 Å². The maximum Gasteiger partial charge on any atom is 0.257 e. The molecule has 1 aliphatic rings. The Hall–Kier alpha value is -1.30. The van der Waals surface area contributed by atoms with E-state index in [4.69, 9.17) is 4.42 Å². The highest BCUT2D eigenvalue weighted by Gasteiger charge is 2.31. The second kappa shape index (κ2) is 3.93. The summed E-state index contributed by atoms with van der Waals surface area (Å²) >= 11 is 0. The summed E-state index contributed by atoms with van der Waals surface area (Å²) < 4.78 is 27.6. The van der Waals surface area contributed by atoms with E-state index in [0.717, 1.165) is 0 Å². The van der Waals surface area contributed by atoms with Crippen molar-refractivity contribution in [3.63, 3.8) is 0 Å². The fraction of sp³-hybridized carbons (Fsp3) is 0.500. The number of hydrogen-bond acceptors (Lipinski definition) is 4. The first-order chi connectivity index (χ1) is 7.49. The lowest BCUT2D eigenvalue weighted by Gasteiger charge is -2.32. The van der Waals surface area contributed by atoms with Crippen LogP contribution >= 0.6 is 0 Å². The van der Waals surface area contributed by atoms with Gasteiger partial charge in [0.15, 0.2) is 9.84 Å². The number of hydrogen-bond donors (Lipinski definition) is 0. The summed E-state index contributed by atoms with van der Waals surface area (Å²) in [4.78, 5) is 13.5. The summed E-state index contributed by atoms with van der Waals surface area (Å²) in [7, 11) is -2.98. The molecule has 5 nitrogen and oxygen atoms in total. The summed E-state index contributed by atoms with van der Waals surface area (Å²) in [5, 5.41) is 0. The van der Waals surface area contributed by atoms with Gasteiger partial charge in [-0.3, -0.25) is 4.79 Å². The van der Waals surface area contributed by atoms with E-state index < -0.39 is 9.84 Å². The lowest BCUT2D eigenvalue weighted by molar-refractivity contribution is 0.0712. The largest absolute Gasteiger partial charge is 0.472 e. The van der Waals surface area contributed by atoms with Crippen LogP contribution in [0.3, 0.4) is 0 Å². The molecule has 6 heteroatoms. The lowest BCUT2D eigenvalue weighted by atomic mass is 10.2. The molecule has 88 valence electrons. The number of rotatable bonds is 1. The monoisotopic (exact) mass is 243 g/mol. The number of carbonyl (C=O) groups excluding carboxylic acids is 1. The summed E-state index contributed by atoms with van der Waals surface area (Å²) in [5.41, 5.74) is 0.464. The van der Waals surface area contributed by atoms with Crippen molar-refractivity contribution >= 4 is 15.7 Å². The Morgan fingerprint density at radius 1 is 1.56 bits per heavy atom. The highest BCUT2D eigenvalue weighted by molar-refractivity contribution is 7.91. The van der Waals surface area contributed by atoms with E-state index >= 15 is 0 Å². The molecule has 1 atom stereocenters. The molecule has 1 amide bonds. The van der Waals surface area contributed by atoms with Gasteiger partial charge in [0, 0.05) is 12.6 Å². The highest BCUT2D eigenvalue weighted by Crippen LogP contribution is 2.15. The van der Waals surface area contributed by atoms with Gasteiger partial charge in [-0.1, -0.05) is 0 Å². The van der Waals surface area contributed by atoms with Crippen LogP contribution in [0.2, 0.25) is 0 Å². The molecule has 0 aliphatic carbocycles. The topological polar surface area (TPSA) is 67.6 Å². The van der Waals surface area contributed by atoms with Crippen molar-refractivity contribution in [2.75, 3.05) is 18.1 Å². The Kier molecular flexibility index (Phi) is 2.75. The third kappa shape index (κ3) is 2.11. The van der Waals surface area contributed by atoms with Crippen LogP contribution in [0.1, 0.15) is 17.3 Å². The molecule has 0 N–H and O–H groups in total. The van der Waals surface area contributed by atoms with Gasteiger partial charge in [-0.25, -0.2) is 8.42 Å². The second-order valence-electron chi connectivity index (χ2n) is 3.97. The van der Waals surface area contributed by atoms with Crippen molar-refractivity contribution in [3.05, 3.63) is 24.2 Å².